The second kappa shape index (κ2) is 7.07. The Morgan fingerprint density at radius 2 is 1.62 bits per heavy atom. The summed E-state index contributed by atoms with van der Waals surface area (Å²) in [5.74, 6) is 0.765. The number of para-hydroxylation sites is 1. The number of rotatable bonds is 6. The van der Waals surface area contributed by atoms with Crippen LogP contribution in [-0.4, -0.2) is 30.5 Å². The molecule has 2 aromatic carbocycles. The summed E-state index contributed by atoms with van der Waals surface area (Å²) >= 11 is 3.40. The van der Waals surface area contributed by atoms with Crippen LogP contribution in [0.15, 0.2) is 53.0 Å². The van der Waals surface area contributed by atoms with Crippen LogP contribution in [0.2, 0.25) is 0 Å². The highest BCUT2D eigenvalue weighted by atomic mass is 79.9. The van der Waals surface area contributed by atoms with Crippen molar-refractivity contribution in [2.24, 2.45) is 0 Å². The number of methoxy groups -OCH3 is 1. The van der Waals surface area contributed by atoms with Crippen molar-refractivity contribution in [1.82, 2.24) is 0 Å². The molecule has 0 radical (unpaired) electrons. The molecule has 112 valence electrons. The molecule has 0 aliphatic heterocycles. The lowest BCUT2D eigenvalue weighted by Crippen LogP contribution is -2.37. The SMILES string of the molecule is COc1ccccc1CC(CO)(CO)c1ccc(Br)cc1. The van der Waals surface area contributed by atoms with Crippen LogP contribution in [0.1, 0.15) is 11.1 Å². The molecule has 21 heavy (non-hydrogen) atoms. The molecule has 0 heterocycles. The predicted octanol–water partition coefficient (Wildman–Crippen LogP) is 2.92. The van der Waals surface area contributed by atoms with Crippen molar-refractivity contribution in [1.29, 1.82) is 0 Å². The van der Waals surface area contributed by atoms with E-state index in [4.69, 9.17) is 4.74 Å². The summed E-state index contributed by atoms with van der Waals surface area (Å²) in [4.78, 5) is 0. The zero-order chi connectivity index (χ0) is 15.3. The van der Waals surface area contributed by atoms with Gasteiger partial charge in [-0.2, -0.15) is 0 Å². The van der Waals surface area contributed by atoms with Gasteiger partial charge in [0, 0.05) is 9.89 Å². The van der Waals surface area contributed by atoms with Crippen LogP contribution in [-0.2, 0) is 11.8 Å². The molecule has 0 amide bonds. The predicted molar refractivity (Wildman–Crippen MR) is 86.7 cm³/mol. The second-order valence-corrected chi connectivity index (χ2v) is 6.01. The number of aliphatic hydroxyl groups excluding tert-OH is 2. The van der Waals surface area contributed by atoms with Crippen LogP contribution in [0.4, 0.5) is 0 Å². The average Bonchev–Trinajstić information content (AvgIpc) is 2.54. The number of aliphatic hydroxyl groups is 2. The minimum Gasteiger partial charge on any atom is -0.496 e. The first-order valence-corrected chi connectivity index (χ1v) is 7.54. The van der Waals surface area contributed by atoms with Crippen molar-refractivity contribution in [3.05, 3.63) is 64.1 Å². The van der Waals surface area contributed by atoms with E-state index < -0.39 is 5.41 Å². The van der Waals surface area contributed by atoms with Gasteiger partial charge in [-0.3, -0.25) is 0 Å². The maximum Gasteiger partial charge on any atom is 0.122 e. The zero-order valence-electron chi connectivity index (χ0n) is 11.9. The van der Waals surface area contributed by atoms with Gasteiger partial charge < -0.3 is 14.9 Å². The van der Waals surface area contributed by atoms with E-state index in [1.165, 1.54) is 0 Å². The largest absolute Gasteiger partial charge is 0.496 e. The van der Waals surface area contributed by atoms with Crippen molar-refractivity contribution in [3.63, 3.8) is 0 Å². The van der Waals surface area contributed by atoms with Gasteiger partial charge in [-0.05, 0) is 35.7 Å². The third kappa shape index (κ3) is 3.46. The fourth-order valence-electron chi connectivity index (χ4n) is 2.46. The normalized spacial score (nSPS) is 11.4. The Balaban J connectivity index is 2.40. The Bertz CT molecular complexity index is 577. The van der Waals surface area contributed by atoms with E-state index >= 15 is 0 Å². The molecule has 0 saturated carbocycles. The lowest BCUT2D eigenvalue weighted by Gasteiger charge is -2.31. The van der Waals surface area contributed by atoms with Gasteiger partial charge >= 0.3 is 0 Å². The first-order chi connectivity index (χ1) is 10.1. The summed E-state index contributed by atoms with van der Waals surface area (Å²) in [5.41, 5.74) is 1.14. The number of halogens is 1. The van der Waals surface area contributed by atoms with Crippen LogP contribution in [0.25, 0.3) is 0 Å². The van der Waals surface area contributed by atoms with E-state index in [-0.39, 0.29) is 13.2 Å². The Kier molecular flexibility index (Phi) is 5.39. The molecule has 0 bridgehead atoms. The van der Waals surface area contributed by atoms with Crippen LogP contribution in [0.3, 0.4) is 0 Å². The molecule has 0 aliphatic rings. The molecule has 2 N–H and O–H groups in total. The lowest BCUT2D eigenvalue weighted by atomic mass is 9.76. The third-order valence-corrected chi connectivity index (χ3v) is 4.31. The quantitative estimate of drug-likeness (QED) is 0.841. The highest BCUT2D eigenvalue weighted by Crippen LogP contribution is 2.32. The molecule has 4 heteroatoms. The van der Waals surface area contributed by atoms with Gasteiger partial charge in [0.2, 0.25) is 0 Å². The molecule has 0 fully saturated rings. The molecular formula is C17H19BrO3. The number of hydrogen-bond acceptors (Lipinski definition) is 3. The van der Waals surface area contributed by atoms with Crippen molar-refractivity contribution in [3.8, 4) is 5.75 Å². The standard InChI is InChI=1S/C17H19BrO3/c1-21-16-5-3-2-4-13(16)10-17(11-19,12-20)14-6-8-15(18)9-7-14/h2-9,19-20H,10-12H2,1H3. The summed E-state index contributed by atoms with van der Waals surface area (Å²) in [5, 5.41) is 19.8. The molecule has 0 atom stereocenters. The molecule has 0 saturated heterocycles. The van der Waals surface area contributed by atoms with Gasteiger partial charge in [0.05, 0.1) is 20.3 Å². The van der Waals surface area contributed by atoms with Gasteiger partial charge in [0.25, 0.3) is 0 Å². The Hall–Kier alpha value is -1.36. The first-order valence-electron chi connectivity index (χ1n) is 6.75. The van der Waals surface area contributed by atoms with E-state index in [9.17, 15) is 10.2 Å². The molecular weight excluding hydrogens is 332 g/mol. The second-order valence-electron chi connectivity index (χ2n) is 5.09. The van der Waals surface area contributed by atoms with Crippen molar-refractivity contribution in [2.75, 3.05) is 20.3 Å². The Labute approximate surface area is 133 Å². The van der Waals surface area contributed by atoms with E-state index in [0.29, 0.717) is 6.42 Å². The minimum atomic E-state index is -0.727. The highest BCUT2D eigenvalue weighted by molar-refractivity contribution is 9.10. The van der Waals surface area contributed by atoms with Gasteiger partial charge in [-0.1, -0.05) is 46.3 Å². The summed E-state index contributed by atoms with van der Waals surface area (Å²) in [7, 11) is 1.62. The van der Waals surface area contributed by atoms with Crippen LogP contribution in [0, 0.1) is 0 Å². The van der Waals surface area contributed by atoms with Gasteiger partial charge in [0.15, 0.2) is 0 Å². The van der Waals surface area contributed by atoms with Crippen molar-refractivity contribution in [2.45, 2.75) is 11.8 Å². The average molecular weight is 351 g/mol. The van der Waals surface area contributed by atoms with Crippen molar-refractivity contribution < 1.29 is 14.9 Å². The Morgan fingerprint density at radius 1 is 1.00 bits per heavy atom. The topological polar surface area (TPSA) is 49.7 Å². The smallest absolute Gasteiger partial charge is 0.122 e. The van der Waals surface area contributed by atoms with Gasteiger partial charge in [-0.15, -0.1) is 0 Å². The molecule has 0 unspecified atom stereocenters. The molecule has 0 aromatic heterocycles. The number of ether oxygens (including phenoxy) is 1. The summed E-state index contributed by atoms with van der Waals surface area (Å²) in [6.07, 6.45) is 0.506. The highest BCUT2D eigenvalue weighted by Gasteiger charge is 2.32. The van der Waals surface area contributed by atoms with E-state index in [1.54, 1.807) is 7.11 Å². The fraction of sp³-hybridized carbons (Fsp3) is 0.294. The van der Waals surface area contributed by atoms with Crippen LogP contribution >= 0.6 is 15.9 Å². The first kappa shape index (κ1) is 16.0. The zero-order valence-corrected chi connectivity index (χ0v) is 13.5. The molecule has 2 rings (SSSR count). The van der Waals surface area contributed by atoms with Crippen molar-refractivity contribution >= 4 is 15.9 Å². The number of hydrogen-bond donors (Lipinski definition) is 2. The van der Waals surface area contributed by atoms with Crippen LogP contribution < -0.4 is 4.74 Å². The monoisotopic (exact) mass is 350 g/mol. The molecule has 0 spiro atoms. The fourth-order valence-corrected chi connectivity index (χ4v) is 2.73. The summed E-state index contributed by atoms with van der Waals surface area (Å²) in [6.45, 7) is -0.271. The third-order valence-electron chi connectivity index (χ3n) is 3.78. The van der Waals surface area contributed by atoms with E-state index in [0.717, 1.165) is 21.3 Å². The Morgan fingerprint density at radius 3 is 2.19 bits per heavy atom. The maximum absolute atomic E-state index is 9.91. The van der Waals surface area contributed by atoms with Gasteiger partial charge in [0.1, 0.15) is 5.75 Å². The minimum absolute atomic E-state index is 0.136. The summed E-state index contributed by atoms with van der Waals surface area (Å²) < 4.78 is 6.33. The molecule has 0 aliphatic carbocycles. The molecule has 3 nitrogen and oxygen atoms in total. The maximum atomic E-state index is 9.91. The van der Waals surface area contributed by atoms with Gasteiger partial charge in [-0.25, -0.2) is 0 Å². The number of benzene rings is 2. The van der Waals surface area contributed by atoms with E-state index in [1.807, 2.05) is 48.5 Å². The lowest BCUT2D eigenvalue weighted by molar-refractivity contribution is 0.115. The van der Waals surface area contributed by atoms with Crippen LogP contribution in [0.5, 0.6) is 5.75 Å². The molecule has 2 aromatic rings. The summed E-state index contributed by atoms with van der Waals surface area (Å²) in [6, 6.07) is 15.3. The van der Waals surface area contributed by atoms with E-state index in [2.05, 4.69) is 15.9 Å².